The van der Waals surface area contributed by atoms with E-state index >= 15 is 0 Å². The van der Waals surface area contributed by atoms with Gasteiger partial charge in [-0.25, -0.2) is 9.59 Å². The van der Waals surface area contributed by atoms with Crippen molar-refractivity contribution in [3.8, 4) is 5.75 Å². The third kappa shape index (κ3) is 8.31. The molecule has 0 bridgehead atoms. The van der Waals surface area contributed by atoms with Gasteiger partial charge in [-0.1, -0.05) is 6.07 Å². The standard InChI is InChI=1S/C24H38N2O5/c1-22(2,3)30-20(27)24(7,8)29-19-13-9-12-18(15-19)26-14-10-11-17(16-26)25-21(28)31-23(4,5)6/h9,12-13,15,17H,10-11,14,16H2,1-8H3,(H,25,28). The summed E-state index contributed by atoms with van der Waals surface area (Å²) in [6, 6.07) is 7.66. The van der Waals surface area contributed by atoms with Crippen LogP contribution >= 0.6 is 0 Å². The summed E-state index contributed by atoms with van der Waals surface area (Å²) in [5.41, 5.74) is -1.24. The lowest BCUT2D eigenvalue weighted by atomic mass is 10.0. The topological polar surface area (TPSA) is 77.1 Å². The highest BCUT2D eigenvalue weighted by Crippen LogP contribution is 2.28. The van der Waals surface area contributed by atoms with Crippen LogP contribution in [0.1, 0.15) is 68.2 Å². The van der Waals surface area contributed by atoms with Gasteiger partial charge in [0.05, 0.1) is 0 Å². The number of hydrogen-bond donors (Lipinski definition) is 1. The number of nitrogens with zero attached hydrogens (tertiary/aromatic N) is 1. The lowest BCUT2D eigenvalue weighted by molar-refractivity contribution is -0.170. The van der Waals surface area contributed by atoms with Crippen molar-refractivity contribution in [2.24, 2.45) is 0 Å². The maximum atomic E-state index is 12.5. The van der Waals surface area contributed by atoms with Gasteiger partial charge in [0.15, 0.2) is 5.60 Å². The van der Waals surface area contributed by atoms with Crippen molar-refractivity contribution < 1.29 is 23.8 Å². The summed E-state index contributed by atoms with van der Waals surface area (Å²) in [5.74, 6) is 0.181. The van der Waals surface area contributed by atoms with Crippen LogP contribution < -0.4 is 15.0 Å². The van der Waals surface area contributed by atoms with E-state index in [2.05, 4.69) is 10.2 Å². The fourth-order valence-corrected chi connectivity index (χ4v) is 3.28. The third-order valence-electron chi connectivity index (χ3n) is 4.59. The number of piperidine rings is 1. The average Bonchev–Trinajstić information content (AvgIpc) is 2.58. The molecule has 31 heavy (non-hydrogen) atoms. The van der Waals surface area contributed by atoms with Crippen molar-refractivity contribution in [3.05, 3.63) is 24.3 Å². The van der Waals surface area contributed by atoms with Crippen molar-refractivity contribution in [2.75, 3.05) is 18.0 Å². The number of anilines is 1. The smallest absolute Gasteiger partial charge is 0.407 e. The van der Waals surface area contributed by atoms with Crippen LogP contribution in [0.4, 0.5) is 10.5 Å². The fraction of sp³-hybridized carbons (Fsp3) is 0.667. The maximum absolute atomic E-state index is 12.5. The normalized spacial score (nSPS) is 17.7. The number of amides is 1. The molecule has 1 aliphatic rings. The molecule has 1 heterocycles. The molecule has 1 aromatic carbocycles. The van der Waals surface area contributed by atoms with Crippen molar-refractivity contribution in [1.82, 2.24) is 5.32 Å². The Morgan fingerprint density at radius 1 is 1.00 bits per heavy atom. The number of alkyl carbamates (subject to hydrolysis) is 1. The number of benzene rings is 1. The van der Waals surface area contributed by atoms with E-state index < -0.39 is 28.9 Å². The van der Waals surface area contributed by atoms with Crippen LogP contribution in [0.25, 0.3) is 0 Å². The van der Waals surface area contributed by atoms with Crippen molar-refractivity contribution in [2.45, 2.75) is 91.1 Å². The zero-order valence-corrected chi connectivity index (χ0v) is 20.2. The second-order valence-corrected chi connectivity index (χ2v) is 10.5. The van der Waals surface area contributed by atoms with Crippen LogP contribution in [0.2, 0.25) is 0 Å². The summed E-state index contributed by atoms with van der Waals surface area (Å²) < 4.78 is 16.9. The third-order valence-corrected chi connectivity index (χ3v) is 4.59. The predicted molar refractivity (Wildman–Crippen MR) is 122 cm³/mol. The first-order valence-corrected chi connectivity index (χ1v) is 10.9. The summed E-state index contributed by atoms with van der Waals surface area (Å²) >= 11 is 0. The number of carbonyl (C=O) groups excluding carboxylic acids is 2. The highest BCUT2D eigenvalue weighted by atomic mass is 16.6. The van der Waals surface area contributed by atoms with Gasteiger partial charge in [-0.3, -0.25) is 0 Å². The minimum absolute atomic E-state index is 0.00591. The van der Waals surface area contributed by atoms with Crippen LogP contribution in [0.5, 0.6) is 5.75 Å². The monoisotopic (exact) mass is 434 g/mol. The zero-order chi connectivity index (χ0) is 23.4. The van der Waals surface area contributed by atoms with E-state index in [4.69, 9.17) is 14.2 Å². The number of ether oxygens (including phenoxy) is 3. The molecule has 0 saturated carbocycles. The molecular weight excluding hydrogens is 396 g/mol. The largest absolute Gasteiger partial charge is 0.476 e. The number of hydrogen-bond acceptors (Lipinski definition) is 6. The van der Waals surface area contributed by atoms with Gasteiger partial charge in [-0.05, 0) is 80.4 Å². The molecule has 2 rings (SSSR count). The van der Waals surface area contributed by atoms with E-state index in [1.165, 1.54) is 0 Å². The Hall–Kier alpha value is -2.44. The van der Waals surface area contributed by atoms with E-state index in [1.807, 2.05) is 65.8 Å². The first-order valence-electron chi connectivity index (χ1n) is 10.9. The molecule has 1 saturated heterocycles. The lowest BCUT2D eigenvalue weighted by Crippen LogP contribution is -2.49. The van der Waals surface area contributed by atoms with Crippen molar-refractivity contribution in [3.63, 3.8) is 0 Å². The van der Waals surface area contributed by atoms with Crippen molar-refractivity contribution >= 4 is 17.7 Å². The highest BCUT2D eigenvalue weighted by Gasteiger charge is 2.35. The van der Waals surface area contributed by atoms with Gasteiger partial charge < -0.3 is 24.4 Å². The van der Waals surface area contributed by atoms with Gasteiger partial charge in [-0.2, -0.15) is 0 Å². The average molecular weight is 435 g/mol. The Morgan fingerprint density at radius 3 is 2.26 bits per heavy atom. The summed E-state index contributed by atoms with van der Waals surface area (Å²) in [5, 5.41) is 2.97. The molecule has 1 aliphatic heterocycles. The van der Waals surface area contributed by atoms with Crippen LogP contribution in [0.15, 0.2) is 24.3 Å². The molecule has 1 aromatic rings. The molecule has 7 heteroatoms. The van der Waals surface area contributed by atoms with Crippen LogP contribution in [0.3, 0.4) is 0 Å². The van der Waals surface area contributed by atoms with Crippen LogP contribution in [0, 0.1) is 0 Å². The number of esters is 1. The lowest BCUT2D eigenvalue weighted by Gasteiger charge is -2.35. The SMILES string of the molecule is CC(C)(C)OC(=O)NC1CCCN(c2cccc(OC(C)(C)C(=O)OC(C)(C)C)c2)C1. The van der Waals surface area contributed by atoms with E-state index in [0.717, 1.165) is 25.1 Å². The first-order chi connectivity index (χ1) is 14.1. The number of rotatable bonds is 5. The molecule has 0 aromatic heterocycles. The number of nitrogens with one attached hydrogen (secondary N) is 1. The van der Waals surface area contributed by atoms with Gasteiger partial charge in [-0.15, -0.1) is 0 Å². The van der Waals surface area contributed by atoms with E-state index in [9.17, 15) is 9.59 Å². The molecule has 1 amide bonds. The second-order valence-electron chi connectivity index (χ2n) is 10.5. The van der Waals surface area contributed by atoms with Gasteiger partial charge in [0.25, 0.3) is 0 Å². The van der Waals surface area contributed by atoms with Gasteiger partial charge in [0.2, 0.25) is 0 Å². The Bertz CT molecular complexity index is 777. The van der Waals surface area contributed by atoms with Gasteiger partial charge in [0, 0.05) is 30.9 Å². The highest BCUT2D eigenvalue weighted by molar-refractivity contribution is 5.79. The number of carbonyl (C=O) groups is 2. The van der Waals surface area contributed by atoms with E-state index in [-0.39, 0.29) is 6.04 Å². The predicted octanol–water partition coefficient (Wildman–Crippen LogP) is 4.68. The molecule has 1 unspecified atom stereocenters. The van der Waals surface area contributed by atoms with E-state index in [1.54, 1.807) is 13.8 Å². The Balaban J connectivity index is 2.04. The van der Waals surface area contributed by atoms with Crippen molar-refractivity contribution in [1.29, 1.82) is 0 Å². The van der Waals surface area contributed by atoms with Crippen LogP contribution in [-0.4, -0.2) is 48.0 Å². The maximum Gasteiger partial charge on any atom is 0.407 e. The summed E-state index contributed by atoms with van der Waals surface area (Å²) in [6.45, 7) is 16.0. The molecule has 0 spiro atoms. The second kappa shape index (κ2) is 9.37. The summed E-state index contributed by atoms with van der Waals surface area (Å²) in [4.78, 5) is 26.8. The zero-order valence-electron chi connectivity index (χ0n) is 20.2. The Labute approximate surface area is 186 Å². The summed E-state index contributed by atoms with van der Waals surface area (Å²) in [6.07, 6.45) is 1.46. The molecule has 1 N–H and O–H groups in total. The van der Waals surface area contributed by atoms with Gasteiger partial charge in [0.1, 0.15) is 17.0 Å². The quantitative estimate of drug-likeness (QED) is 0.678. The minimum atomic E-state index is -1.12. The molecule has 7 nitrogen and oxygen atoms in total. The molecular formula is C24H38N2O5. The summed E-state index contributed by atoms with van der Waals surface area (Å²) in [7, 11) is 0. The molecule has 1 fully saturated rings. The fourth-order valence-electron chi connectivity index (χ4n) is 3.28. The Kier molecular flexibility index (Phi) is 7.50. The Morgan fingerprint density at radius 2 is 1.65 bits per heavy atom. The first kappa shape index (κ1) is 24.8. The molecule has 1 atom stereocenters. The van der Waals surface area contributed by atoms with E-state index in [0.29, 0.717) is 12.3 Å². The molecule has 174 valence electrons. The minimum Gasteiger partial charge on any atom is -0.476 e. The molecule has 0 radical (unpaired) electrons. The molecule has 0 aliphatic carbocycles. The van der Waals surface area contributed by atoms with Gasteiger partial charge >= 0.3 is 12.1 Å². The van der Waals surface area contributed by atoms with Crippen LogP contribution in [-0.2, 0) is 14.3 Å².